The van der Waals surface area contributed by atoms with Gasteiger partial charge < -0.3 is 15.5 Å². The minimum absolute atomic E-state index is 0.133. The summed E-state index contributed by atoms with van der Waals surface area (Å²) in [6, 6.07) is 0. The number of carboxylic acids is 2. The lowest BCUT2D eigenvalue weighted by Gasteiger charge is -2.09. The molecule has 0 saturated carbocycles. The summed E-state index contributed by atoms with van der Waals surface area (Å²) >= 11 is 5.34. The van der Waals surface area contributed by atoms with Crippen LogP contribution in [0.3, 0.4) is 0 Å². The molecule has 0 aliphatic rings. The number of rotatable bonds is 7. The number of alkyl halides is 1. The van der Waals surface area contributed by atoms with Crippen molar-refractivity contribution in [2.45, 2.75) is 6.42 Å². The van der Waals surface area contributed by atoms with Gasteiger partial charge in [0, 0.05) is 19.0 Å². The molecule has 0 aromatic rings. The molecule has 0 amide bonds. The molecule has 3 N–H and O–H groups in total. The smallest absolute Gasteiger partial charge is 0.308 e. The van der Waals surface area contributed by atoms with Gasteiger partial charge in [-0.2, -0.15) is 0 Å². The van der Waals surface area contributed by atoms with E-state index in [0.717, 1.165) is 0 Å². The van der Waals surface area contributed by atoms with E-state index in [1.54, 1.807) is 0 Å². The summed E-state index contributed by atoms with van der Waals surface area (Å²) < 4.78 is 0. The van der Waals surface area contributed by atoms with Crippen LogP contribution in [0.25, 0.3) is 0 Å². The predicted octanol–water partition coefficient (Wildman–Crippen LogP) is -0.00970. The summed E-state index contributed by atoms with van der Waals surface area (Å²) in [5.74, 6) is -2.73. The second kappa shape index (κ2) is 6.68. The maximum atomic E-state index is 10.5. The first-order chi connectivity index (χ1) is 6.07. The molecule has 0 spiro atoms. The number of hydrogen-bond donors (Lipinski definition) is 3. The molecule has 1 unspecified atom stereocenters. The summed E-state index contributed by atoms with van der Waals surface area (Å²) in [4.78, 5) is 20.7. The first-order valence-electron chi connectivity index (χ1n) is 3.79. The van der Waals surface area contributed by atoms with Crippen LogP contribution in [0, 0.1) is 5.92 Å². The van der Waals surface area contributed by atoms with Gasteiger partial charge in [0.25, 0.3) is 0 Å². The third kappa shape index (κ3) is 6.36. The predicted molar refractivity (Wildman–Crippen MR) is 47.0 cm³/mol. The Morgan fingerprint density at radius 3 is 2.38 bits per heavy atom. The van der Waals surface area contributed by atoms with Crippen LogP contribution in [0.1, 0.15) is 6.42 Å². The van der Waals surface area contributed by atoms with Crippen LogP contribution in [-0.4, -0.2) is 41.1 Å². The van der Waals surface area contributed by atoms with Crippen LogP contribution in [0.15, 0.2) is 0 Å². The van der Waals surface area contributed by atoms with Gasteiger partial charge in [0.2, 0.25) is 0 Å². The molecule has 0 aromatic heterocycles. The SMILES string of the molecule is O=C(O)CC(CNCCCl)C(=O)O. The first-order valence-corrected chi connectivity index (χ1v) is 4.32. The van der Waals surface area contributed by atoms with E-state index in [0.29, 0.717) is 12.4 Å². The molecule has 0 saturated heterocycles. The van der Waals surface area contributed by atoms with E-state index in [-0.39, 0.29) is 13.0 Å². The van der Waals surface area contributed by atoms with Gasteiger partial charge >= 0.3 is 11.9 Å². The molecular weight excluding hydrogens is 198 g/mol. The van der Waals surface area contributed by atoms with Crippen molar-refractivity contribution in [3.05, 3.63) is 0 Å². The highest BCUT2D eigenvalue weighted by Crippen LogP contribution is 2.01. The van der Waals surface area contributed by atoms with Gasteiger partial charge in [-0.3, -0.25) is 9.59 Å². The highest BCUT2D eigenvalue weighted by Gasteiger charge is 2.19. The summed E-state index contributed by atoms with van der Waals surface area (Å²) in [6.07, 6.45) is -0.370. The number of hydrogen-bond acceptors (Lipinski definition) is 3. The van der Waals surface area contributed by atoms with E-state index in [4.69, 9.17) is 21.8 Å². The minimum atomic E-state index is -1.11. The normalized spacial score (nSPS) is 12.4. The minimum Gasteiger partial charge on any atom is -0.481 e. The van der Waals surface area contributed by atoms with E-state index in [1.807, 2.05) is 0 Å². The Bertz CT molecular complexity index is 185. The third-order valence-electron chi connectivity index (χ3n) is 1.43. The lowest BCUT2D eigenvalue weighted by Crippen LogP contribution is -2.31. The molecule has 76 valence electrons. The Hall–Kier alpha value is -0.810. The Labute approximate surface area is 80.7 Å². The maximum absolute atomic E-state index is 10.5. The Morgan fingerprint density at radius 1 is 1.38 bits per heavy atom. The van der Waals surface area contributed by atoms with Crippen LogP contribution in [0.2, 0.25) is 0 Å². The zero-order valence-electron chi connectivity index (χ0n) is 6.99. The zero-order valence-corrected chi connectivity index (χ0v) is 7.75. The van der Waals surface area contributed by atoms with E-state index in [9.17, 15) is 9.59 Å². The van der Waals surface area contributed by atoms with Crippen molar-refractivity contribution in [1.29, 1.82) is 0 Å². The molecule has 6 heteroatoms. The van der Waals surface area contributed by atoms with E-state index < -0.39 is 17.9 Å². The maximum Gasteiger partial charge on any atom is 0.308 e. The molecule has 0 rings (SSSR count). The second-order valence-corrected chi connectivity index (χ2v) is 2.90. The molecule has 0 bridgehead atoms. The van der Waals surface area contributed by atoms with Crippen molar-refractivity contribution in [2.24, 2.45) is 5.92 Å². The quantitative estimate of drug-likeness (QED) is 0.406. The summed E-state index contributed by atoms with van der Waals surface area (Å²) in [5.41, 5.74) is 0. The van der Waals surface area contributed by atoms with Crippen molar-refractivity contribution < 1.29 is 19.8 Å². The van der Waals surface area contributed by atoms with Gasteiger partial charge in [-0.25, -0.2) is 0 Å². The van der Waals surface area contributed by atoms with E-state index in [1.165, 1.54) is 0 Å². The van der Waals surface area contributed by atoms with Gasteiger partial charge in [0.15, 0.2) is 0 Å². The van der Waals surface area contributed by atoms with Gasteiger partial charge in [-0.15, -0.1) is 11.6 Å². The van der Waals surface area contributed by atoms with Crippen molar-refractivity contribution in [3.63, 3.8) is 0 Å². The van der Waals surface area contributed by atoms with Crippen molar-refractivity contribution >= 4 is 23.5 Å². The summed E-state index contributed by atoms with van der Waals surface area (Å²) in [5, 5.41) is 19.7. The molecule has 0 aliphatic carbocycles. The Kier molecular flexibility index (Phi) is 6.26. The Morgan fingerprint density at radius 2 is 2.00 bits per heavy atom. The third-order valence-corrected chi connectivity index (χ3v) is 1.62. The lowest BCUT2D eigenvalue weighted by molar-refractivity contribution is -0.148. The fraction of sp³-hybridized carbons (Fsp3) is 0.714. The Balaban J connectivity index is 3.81. The number of aliphatic carboxylic acids is 2. The largest absolute Gasteiger partial charge is 0.481 e. The molecule has 5 nitrogen and oxygen atoms in total. The van der Waals surface area contributed by atoms with Crippen LogP contribution in [0.4, 0.5) is 0 Å². The molecule has 0 radical (unpaired) electrons. The highest BCUT2D eigenvalue weighted by atomic mass is 35.5. The van der Waals surface area contributed by atoms with Crippen molar-refractivity contribution in [3.8, 4) is 0 Å². The standard InChI is InChI=1S/C7H12ClNO4/c8-1-2-9-4-5(7(12)13)3-6(10)11/h5,9H,1-4H2,(H,10,11)(H,12,13). The fourth-order valence-corrected chi connectivity index (χ4v) is 0.934. The van der Waals surface area contributed by atoms with Crippen molar-refractivity contribution in [1.82, 2.24) is 5.32 Å². The average molecular weight is 210 g/mol. The monoisotopic (exact) mass is 209 g/mol. The molecule has 1 atom stereocenters. The van der Waals surface area contributed by atoms with E-state index in [2.05, 4.69) is 5.32 Å². The van der Waals surface area contributed by atoms with Gasteiger partial charge in [-0.1, -0.05) is 0 Å². The molecule has 0 aromatic carbocycles. The molecule has 13 heavy (non-hydrogen) atoms. The molecule has 0 fully saturated rings. The second-order valence-electron chi connectivity index (χ2n) is 2.53. The zero-order chi connectivity index (χ0) is 10.3. The summed E-state index contributed by atoms with van der Waals surface area (Å²) in [6.45, 7) is 0.610. The first kappa shape index (κ1) is 12.2. The number of carboxylic acid groups (broad SMARTS) is 2. The van der Waals surface area contributed by atoms with Crippen molar-refractivity contribution in [2.75, 3.05) is 19.0 Å². The number of carbonyl (C=O) groups is 2. The van der Waals surface area contributed by atoms with Gasteiger partial charge in [0.05, 0.1) is 12.3 Å². The van der Waals surface area contributed by atoms with Gasteiger partial charge in [0.1, 0.15) is 0 Å². The van der Waals surface area contributed by atoms with Crippen LogP contribution in [-0.2, 0) is 9.59 Å². The van der Waals surface area contributed by atoms with Crippen LogP contribution < -0.4 is 5.32 Å². The topological polar surface area (TPSA) is 86.6 Å². The summed E-state index contributed by atoms with van der Waals surface area (Å²) in [7, 11) is 0. The molecule has 0 heterocycles. The molecule has 0 aliphatic heterocycles. The number of halogens is 1. The van der Waals surface area contributed by atoms with Crippen LogP contribution in [0.5, 0.6) is 0 Å². The number of nitrogens with one attached hydrogen (secondary N) is 1. The average Bonchev–Trinajstić information content (AvgIpc) is 2.02. The van der Waals surface area contributed by atoms with E-state index >= 15 is 0 Å². The lowest BCUT2D eigenvalue weighted by atomic mass is 10.1. The highest BCUT2D eigenvalue weighted by molar-refractivity contribution is 6.18. The fourth-order valence-electron chi connectivity index (χ4n) is 0.801. The van der Waals surface area contributed by atoms with Crippen LogP contribution >= 0.6 is 11.6 Å². The van der Waals surface area contributed by atoms with Gasteiger partial charge in [-0.05, 0) is 0 Å². The molecular formula is C7H12ClNO4.